The van der Waals surface area contributed by atoms with Gasteiger partial charge in [0.15, 0.2) is 0 Å². The predicted octanol–water partition coefficient (Wildman–Crippen LogP) is 5.02. The van der Waals surface area contributed by atoms with E-state index in [0.29, 0.717) is 6.54 Å². The van der Waals surface area contributed by atoms with Crippen LogP contribution in [-0.2, 0) is 13.0 Å². The molecular formula is C22H20FN3O. The number of anilines is 1. The third kappa shape index (κ3) is 3.49. The van der Waals surface area contributed by atoms with Gasteiger partial charge in [-0.3, -0.25) is 4.40 Å². The molecule has 0 amide bonds. The van der Waals surface area contributed by atoms with Crippen LogP contribution in [0.25, 0.3) is 16.9 Å². The number of rotatable bonds is 5. The van der Waals surface area contributed by atoms with Gasteiger partial charge in [-0.1, -0.05) is 19.1 Å². The van der Waals surface area contributed by atoms with Crippen molar-refractivity contribution in [1.29, 1.82) is 0 Å². The minimum absolute atomic E-state index is 0.219. The van der Waals surface area contributed by atoms with Crippen LogP contribution in [0.5, 0.6) is 5.75 Å². The molecule has 0 saturated heterocycles. The van der Waals surface area contributed by atoms with Crippen molar-refractivity contribution in [2.24, 2.45) is 0 Å². The summed E-state index contributed by atoms with van der Waals surface area (Å²) in [5, 5.41) is 13.0. The number of hydrogen-bond donors (Lipinski definition) is 2. The number of halogens is 1. The Bertz CT molecular complexity index is 1070. The lowest BCUT2D eigenvalue weighted by Gasteiger charge is -2.09. The highest BCUT2D eigenvalue weighted by Gasteiger charge is 2.14. The summed E-state index contributed by atoms with van der Waals surface area (Å²) in [6.07, 6.45) is 2.95. The number of phenols is 1. The van der Waals surface area contributed by atoms with Crippen LogP contribution in [-0.4, -0.2) is 14.5 Å². The SMILES string of the molecule is CCc1ccn2c(NCc3ccc(F)cc3)c(-c3ccc(O)cc3)nc2c1. The molecule has 4 aromatic rings. The number of fused-ring (bicyclic) bond motifs is 1. The molecule has 0 bridgehead atoms. The van der Waals surface area contributed by atoms with E-state index in [1.165, 1.54) is 17.7 Å². The molecule has 2 aromatic carbocycles. The molecule has 5 heteroatoms. The third-order valence-corrected chi connectivity index (χ3v) is 4.61. The maximum Gasteiger partial charge on any atom is 0.139 e. The molecule has 136 valence electrons. The van der Waals surface area contributed by atoms with Gasteiger partial charge in [-0.15, -0.1) is 0 Å². The number of aryl methyl sites for hydroxylation is 1. The average molecular weight is 361 g/mol. The first-order valence-corrected chi connectivity index (χ1v) is 8.93. The lowest BCUT2D eigenvalue weighted by molar-refractivity contribution is 0.475. The number of nitrogens with one attached hydrogen (secondary N) is 1. The standard InChI is InChI=1S/C22H20FN3O/c1-2-15-11-12-26-20(13-15)25-21(17-5-9-19(27)10-6-17)22(26)24-14-16-3-7-18(23)8-4-16/h3-13,24,27H,2,14H2,1H3. The number of imidazole rings is 1. The van der Waals surface area contributed by atoms with Crippen LogP contribution < -0.4 is 5.32 Å². The summed E-state index contributed by atoms with van der Waals surface area (Å²) in [4.78, 5) is 4.81. The topological polar surface area (TPSA) is 49.6 Å². The number of phenolic OH excluding ortho intramolecular Hbond substituents is 1. The molecule has 2 heterocycles. The summed E-state index contributed by atoms with van der Waals surface area (Å²) in [5.74, 6) is 0.838. The summed E-state index contributed by atoms with van der Waals surface area (Å²) < 4.78 is 15.2. The second kappa shape index (κ2) is 7.11. The zero-order valence-corrected chi connectivity index (χ0v) is 15.0. The number of aromatic nitrogens is 2. The molecule has 0 aliphatic heterocycles. The molecule has 0 radical (unpaired) electrons. The molecular weight excluding hydrogens is 341 g/mol. The van der Waals surface area contributed by atoms with Gasteiger partial charge in [0.2, 0.25) is 0 Å². The summed E-state index contributed by atoms with van der Waals surface area (Å²) >= 11 is 0. The lowest BCUT2D eigenvalue weighted by Crippen LogP contribution is -2.03. The molecule has 27 heavy (non-hydrogen) atoms. The highest BCUT2D eigenvalue weighted by Crippen LogP contribution is 2.30. The van der Waals surface area contributed by atoms with E-state index < -0.39 is 0 Å². The van der Waals surface area contributed by atoms with Gasteiger partial charge in [-0.25, -0.2) is 9.37 Å². The smallest absolute Gasteiger partial charge is 0.139 e. The summed E-state index contributed by atoms with van der Waals surface area (Å²) in [5.41, 5.74) is 4.78. The molecule has 4 rings (SSSR count). The van der Waals surface area contributed by atoms with E-state index in [-0.39, 0.29) is 11.6 Å². The Balaban J connectivity index is 1.76. The van der Waals surface area contributed by atoms with E-state index in [9.17, 15) is 9.50 Å². The van der Waals surface area contributed by atoms with Gasteiger partial charge in [-0.05, 0) is 66.1 Å². The number of pyridine rings is 1. The van der Waals surface area contributed by atoms with Crippen molar-refractivity contribution in [2.75, 3.05) is 5.32 Å². The number of aromatic hydroxyl groups is 1. The minimum atomic E-state index is -0.245. The number of nitrogens with zero attached hydrogens (tertiary/aromatic N) is 2. The van der Waals surface area contributed by atoms with E-state index in [4.69, 9.17) is 4.98 Å². The first kappa shape index (κ1) is 17.1. The summed E-state index contributed by atoms with van der Waals surface area (Å²) in [7, 11) is 0. The normalized spacial score (nSPS) is 11.0. The first-order chi connectivity index (χ1) is 13.1. The van der Waals surface area contributed by atoms with E-state index in [2.05, 4.69) is 24.4 Å². The molecule has 0 atom stereocenters. The van der Waals surface area contributed by atoms with Crippen LogP contribution in [0.15, 0.2) is 66.9 Å². The van der Waals surface area contributed by atoms with E-state index in [1.54, 1.807) is 24.3 Å². The van der Waals surface area contributed by atoms with Crippen LogP contribution in [0.4, 0.5) is 10.2 Å². The average Bonchev–Trinajstić information content (AvgIpc) is 3.05. The van der Waals surface area contributed by atoms with Gasteiger partial charge in [0, 0.05) is 18.3 Å². The number of hydrogen-bond acceptors (Lipinski definition) is 3. The molecule has 0 fully saturated rings. The predicted molar refractivity (Wildman–Crippen MR) is 105 cm³/mol. The van der Waals surface area contributed by atoms with Crippen molar-refractivity contribution >= 4 is 11.5 Å². The Morgan fingerprint density at radius 1 is 1.00 bits per heavy atom. The quantitative estimate of drug-likeness (QED) is 0.525. The fourth-order valence-electron chi connectivity index (χ4n) is 3.08. The van der Waals surface area contributed by atoms with Crippen LogP contribution in [0.3, 0.4) is 0 Å². The Hall–Kier alpha value is -3.34. The van der Waals surface area contributed by atoms with Gasteiger partial charge < -0.3 is 10.4 Å². The molecule has 0 aliphatic carbocycles. The zero-order valence-electron chi connectivity index (χ0n) is 15.0. The maximum atomic E-state index is 13.1. The maximum absolute atomic E-state index is 13.1. The molecule has 0 spiro atoms. The second-order valence-electron chi connectivity index (χ2n) is 6.45. The van der Waals surface area contributed by atoms with Crippen LogP contribution in [0, 0.1) is 5.82 Å². The Morgan fingerprint density at radius 3 is 2.44 bits per heavy atom. The van der Waals surface area contributed by atoms with Crippen molar-refractivity contribution in [3.8, 4) is 17.0 Å². The first-order valence-electron chi connectivity index (χ1n) is 8.93. The van der Waals surface area contributed by atoms with E-state index >= 15 is 0 Å². The Kier molecular flexibility index (Phi) is 4.50. The fraction of sp³-hybridized carbons (Fsp3) is 0.136. The van der Waals surface area contributed by atoms with Crippen molar-refractivity contribution in [1.82, 2.24) is 9.38 Å². The van der Waals surface area contributed by atoms with Crippen LogP contribution in [0.1, 0.15) is 18.1 Å². The molecule has 0 aliphatic rings. The highest BCUT2D eigenvalue weighted by atomic mass is 19.1. The lowest BCUT2D eigenvalue weighted by atomic mass is 10.1. The van der Waals surface area contributed by atoms with Crippen molar-refractivity contribution in [2.45, 2.75) is 19.9 Å². The monoisotopic (exact) mass is 361 g/mol. The second-order valence-corrected chi connectivity index (χ2v) is 6.45. The van der Waals surface area contributed by atoms with Crippen molar-refractivity contribution in [3.05, 3.63) is 83.8 Å². The highest BCUT2D eigenvalue weighted by molar-refractivity contribution is 5.77. The summed E-state index contributed by atoms with van der Waals surface area (Å²) in [6, 6.07) is 17.6. The Morgan fingerprint density at radius 2 is 1.74 bits per heavy atom. The fourth-order valence-corrected chi connectivity index (χ4v) is 3.08. The molecule has 2 N–H and O–H groups in total. The van der Waals surface area contributed by atoms with Crippen LogP contribution in [0.2, 0.25) is 0 Å². The van der Waals surface area contributed by atoms with Crippen molar-refractivity contribution < 1.29 is 9.50 Å². The molecule has 0 saturated carbocycles. The van der Waals surface area contributed by atoms with E-state index in [0.717, 1.165) is 34.7 Å². The molecule has 4 nitrogen and oxygen atoms in total. The number of benzene rings is 2. The largest absolute Gasteiger partial charge is 0.508 e. The minimum Gasteiger partial charge on any atom is -0.508 e. The molecule has 2 aromatic heterocycles. The van der Waals surface area contributed by atoms with Crippen molar-refractivity contribution in [3.63, 3.8) is 0 Å². The molecule has 0 unspecified atom stereocenters. The zero-order chi connectivity index (χ0) is 18.8. The van der Waals surface area contributed by atoms with Gasteiger partial charge in [0.1, 0.15) is 28.7 Å². The van der Waals surface area contributed by atoms with Gasteiger partial charge in [0.05, 0.1) is 0 Å². The summed E-state index contributed by atoms with van der Waals surface area (Å²) in [6.45, 7) is 2.66. The van der Waals surface area contributed by atoms with E-state index in [1.807, 2.05) is 22.7 Å². The Labute approximate surface area is 156 Å². The van der Waals surface area contributed by atoms with Gasteiger partial charge >= 0.3 is 0 Å². The van der Waals surface area contributed by atoms with Gasteiger partial charge in [0.25, 0.3) is 0 Å². The third-order valence-electron chi connectivity index (χ3n) is 4.61. The van der Waals surface area contributed by atoms with Crippen LogP contribution >= 0.6 is 0 Å². The van der Waals surface area contributed by atoms with Gasteiger partial charge in [-0.2, -0.15) is 0 Å².